The average molecular weight is 300 g/mol. The molecule has 0 saturated carbocycles. The van der Waals surface area contributed by atoms with E-state index in [1.807, 2.05) is 0 Å². The molecular weight excluding hydrogens is 284 g/mol. The van der Waals surface area contributed by atoms with Gasteiger partial charge in [0.15, 0.2) is 11.5 Å². The first-order chi connectivity index (χ1) is 10.5. The number of phenols is 1. The lowest BCUT2D eigenvalue weighted by Gasteiger charge is -2.10. The summed E-state index contributed by atoms with van der Waals surface area (Å²) in [5, 5.41) is 18.9. The molecule has 0 spiro atoms. The zero-order valence-corrected chi connectivity index (χ0v) is 12.2. The van der Waals surface area contributed by atoms with E-state index in [-0.39, 0.29) is 11.3 Å². The van der Waals surface area contributed by atoms with Gasteiger partial charge in [-0.3, -0.25) is 0 Å². The zero-order valence-electron chi connectivity index (χ0n) is 12.2. The molecule has 0 saturated heterocycles. The van der Waals surface area contributed by atoms with Gasteiger partial charge < -0.3 is 19.7 Å². The van der Waals surface area contributed by atoms with Crippen molar-refractivity contribution in [2.45, 2.75) is 0 Å². The maximum atomic E-state index is 11.5. The van der Waals surface area contributed by atoms with Crippen LogP contribution in [0, 0.1) is 0 Å². The molecule has 2 rings (SSSR count). The third kappa shape index (κ3) is 3.38. The number of benzene rings is 2. The van der Waals surface area contributed by atoms with E-state index in [0.717, 1.165) is 0 Å². The first-order valence-corrected chi connectivity index (χ1v) is 6.51. The average Bonchev–Trinajstić information content (AvgIpc) is 2.51. The quantitative estimate of drug-likeness (QED) is 0.655. The van der Waals surface area contributed by atoms with Gasteiger partial charge >= 0.3 is 5.97 Å². The summed E-state index contributed by atoms with van der Waals surface area (Å²) in [5.41, 5.74) is 1.16. The van der Waals surface area contributed by atoms with Crippen molar-refractivity contribution in [1.82, 2.24) is 0 Å². The Labute approximate surface area is 128 Å². The number of aromatic hydroxyl groups is 1. The van der Waals surface area contributed by atoms with Gasteiger partial charge in [0.25, 0.3) is 0 Å². The second-order valence-electron chi connectivity index (χ2n) is 4.53. The third-order valence-corrected chi connectivity index (χ3v) is 3.11. The van der Waals surface area contributed by atoms with Crippen LogP contribution < -0.4 is 9.47 Å². The SMILES string of the molecule is COc1ccc(/C(=C/c2cccc(O)c2)C(=O)O)cc1OC. The maximum absolute atomic E-state index is 11.5. The van der Waals surface area contributed by atoms with Gasteiger partial charge in [0.05, 0.1) is 19.8 Å². The molecule has 0 bridgehead atoms. The van der Waals surface area contributed by atoms with Crippen LogP contribution in [-0.4, -0.2) is 30.4 Å². The Kier molecular flexibility index (Phi) is 4.68. The van der Waals surface area contributed by atoms with Crippen molar-refractivity contribution >= 4 is 17.6 Å². The van der Waals surface area contributed by atoms with E-state index in [0.29, 0.717) is 22.6 Å². The molecule has 0 aliphatic rings. The molecule has 5 heteroatoms. The highest BCUT2D eigenvalue weighted by Gasteiger charge is 2.14. The van der Waals surface area contributed by atoms with E-state index in [2.05, 4.69) is 0 Å². The number of carbonyl (C=O) groups is 1. The van der Waals surface area contributed by atoms with Crippen LogP contribution in [0.15, 0.2) is 42.5 Å². The predicted octanol–water partition coefficient (Wildman–Crippen LogP) is 3.03. The molecule has 2 aromatic carbocycles. The van der Waals surface area contributed by atoms with E-state index in [1.165, 1.54) is 32.4 Å². The summed E-state index contributed by atoms with van der Waals surface area (Å²) in [7, 11) is 3.00. The van der Waals surface area contributed by atoms with Crippen LogP contribution in [0.4, 0.5) is 0 Å². The summed E-state index contributed by atoms with van der Waals surface area (Å²) < 4.78 is 10.3. The fraction of sp³-hybridized carbons (Fsp3) is 0.118. The largest absolute Gasteiger partial charge is 0.508 e. The van der Waals surface area contributed by atoms with Crippen molar-refractivity contribution in [3.63, 3.8) is 0 Å². The smallest absolute Gasteiger partial charge is 0.336 e. The van der Waals surface area contributed by atoms with Crippen LogP contribution >= 0.6 is 0 Å². The van der Waals surface area contributed by atoms with Gasteiger partial charge in [0.1, 0.15) is 5.75 Å². The standard InChI is InChI=1S/C17H16O5/c1-21-15-7-6-12(10-16(15)22-2)14(17(19)20)9-11-4-3-5-13(18)8-11/h3-10,18H,1-2H3,(H,19,20)/b14-9-. The molecular formula is C17H16O5. The van der Waals surface area contributed by atoms with Crippen LogP contribution in [-0.2, 0) is 4.79 Å². The third-order valence-electron chi connectivity index (χ3n) is 3.11. The Morgan fingerprint density at radius 2 is 1.77 bits per heavy atom. The topological polar surface area (TPSA) is 76.0 Å². The second-order valence-corrected chi connectivity index (χ2v) is 4.53. The van der Waals surface area contributed by atoms with E-state index in [1.54, 1.807) is 30.3 Å². The Morgan fingerprint density at radius 1 is 1.05 bits per heavy atom. The van der Waals surface area contributed by atoms with Crippen molar-refractivity contribution in [2.24, 2.45) is 0 Å². The Morgan fingerprint density at radius 3 is 2.36 bits per heavy atom. The molecule has 0 aromatic heterocycles. The number of carboxylic acid groups (broad SMARTS) is 1. The molecule has 0 aliphatic heterocycles. The molecule has 2 aromatic rings. The fourth-order valence-electron chi connectivity index (χ4n) is 2.05. The first-order valence-electron chi connectivity index (χ1n) is 6.51. The molecule has 0 fully saturated rings. The number of methoxy groups -OCH3 is 2. The fourth-order valence-corrected chi connectivity index (χ4v) is 2.05. The summed E-state index contributed by atoms with van der Waals surface area (Å²) in [5.74, 6) is -0.0298. The van der Waals surface area contributed by atoms with Gasteiger partial charge in [0, 0.05) is 0 Å². The predicted molar refractivity (Wildman–Crippen MR) is 83.2 cm³/mol. The minimum Gasteiger partial charge on any atom is -0.508 e. The maximum Gasteiger partial charge on any atom is 0.336 e. The molecule has 0 radical (unpaired) electrons. The molecule has 2 N–H and O–H groups in total. The van der Waals surface area contributed by atoms with E-state index in [9.17, 15) is 15.0 Å². The lowest BCUT2D eigenvalue weighted by atomic mass is 10.0. The van der Waals surface area contributed by atoms with Crippen LogP contribution in [0.2, 0.25) is 0 Å². The summed E-state index contributed by atoms with van der Waals surface area (Å²) in [6.45, 7) is 0. The Bertz CT molecular complexity index is 719. The van der Waals surface area contributed by atoms with Crippen molar-refractivity contribution in [2.75, 3.05) is 14.2 Å². The van der Waals surface area contributed by atoms with Crippen LogP contribution in [0.25, 0.3) is 11.6 Å². The van der Waals surface area contributed by atoms with E-state index in [4.69, 9.17) is 9.47 Å². The number of aliphatic carboxylic acids is 1. The van der Waals surface area contributed by atoms with Crippen LogP contribution in [0.1, 0.15) is 11.1 Å². The summed E-state index contributed by atoms with van der Waals surface area (Å²) >= 11 is 0. The summed E-state index contributed by atoms with van der Waals surface area (Å²) in [6.07, 6.45) is 1.49. The van der Waals surface area contributed by atoms with Gasteiger partial charge in [-0.2, -0.15) is 0 Å². The van der Waals surface area contributed by atoms with Gasteiger partial charge in [-0.15, -0.1) is 0 Å². The van der Waals surface area contributed by atoms with Gasteiger partial charge in [-0.05, 0) is 41.5 Å². The lowest BCUT2D eigenvalue weighted by molar-refractivity contribution is -0.130. The van der Waals surface area contributed by atoms with Crippen molar-refractivity contribution in [3.8, 4) is 17.2 Å². The molecule has 0 atom stereocenters. The summed E-state index contributed by atoms with van der Waals surface area (Å²) in [6, 6.07) is 11.3. The normalized spacial score (nSPS) is 11.1. The Hall–Kier alpha value is -2.95. The number of phenolic OH excluding ortho intramolecular Hbond substituents is 1. The van der Waals surface area contributed by atoms with Crippen molar-refractivity contribution < 1.29 is 24.5 Å². The number of hydrogen-bond donors (Lipinski definition) is 2. The molecule has 0 aliphatic carbocycles. The van der Waals surface area contributed by atoms with E-state index >= 15 is 0 Å². The number of ether oxygens (including phenoxy) is 2. The Balaban J connectivity index is 2.51. The highest BCUT2D eigenvalue weighted by Crippen LogP contribution is 2.31. The van der Waals surface area contributed by atoms with Crippen LogP contribution in [0.5, 0.6) is 17.2 Å². The number of hydrogen-bond acceptors (Lipinski definition) is 4. The number of carboxylic acids is 1. The molecule has 0 unspecified atom stereocenters. The zero-order chi connectivity index (χ0) is 16.1. The van der Waals surface area contributed by atoms with Gasteiger partial charge in [0.2, 0.25) is 0 Å². The first kappa shape index (κ1) is 15.4. The molecule has 5 nitrogen and oxygen atoms in total. The minimum atomic E-state index is -1.07. The van der Waals surface area contributed by atoms with E-state index < -0.39 is 5.97 Å². The molecule has 22 heavy (non-hydrogen) atoms. The molecule has 0 amide bonds. The highest BCUT2D eigenvalue weighted by molar-refractivity contribution is 6.20. The highest BCUT2D eigenvalue weighted by atomic mass is 16.5. The van der Waals surface area contributed by atoms with Gasteiger partial charge in [-0.25, -0.2) is 4.79 Å². The molecule has 114 valence electrons. The number of rotatable bonds is 5. The second kappa shape index (κ2) is 6.67. The van der Waals surface area contributed by atoms with Crippen LogP contribution in [0.3, 0.4) is 0 Å². The monoisotopic (exact) mass is 300 g/mol. The summed E-state index contributed by atoms with van der Waals surface area (Å²) in [4.78, 5) is 11.5. The van der Waals surface area contributed by atoms with Gasteiger partial charge in [-0.1, -0.05) is 18.2 Å². The van der Waals surface area contributed by atoms with Crippen molar-refractivity contribution in [1.29, 1.82) is 0 Å². The van der Waals surface area contributed by atoms with Crippen molar-refractivity contribution in [3.05, 3.63) is 53.6 Å². The minimum absolute atomic E-state index is 0.0748. The lowest BCUT2D eigenvalue weighted by Crippen LogP contribution is -2.01. The molecule has 0 heterocycles.